The molecule has 0 N–H and O–H groups in total. The van der Waals surface area contributed by atoms with Crippen LogP contribution < -0.4 is 4.74 Å². The van der Waals surface area contributed by atoms with Crippen molar-refractivity contribution in [2.24, 2.45) is 0 Å². The van der Waals surface area contributed by atoms with Gasteiger partial charge in [0, 0.05) is 15.8 Å². The largest absolute Gasteiger partial charge is 0.481 e. The van der Waals surface area contributed by atoms with Gasteiger partial charge in [0.05, 0.1) is 19.5 Å². The van der Waals surface area contributed by atoms with Gasteiger partial charge in [0.25, 0.3) is 0 Å². The van der Waals surface area contributed by atoms with Gasteiger partial charge in [0.2, 0.25) is 5.88 Å². The summed E-state index contributed by atoms with van der Waals surface area (Å²) in [5.41, 5.74) is 1.66. The highest BCUT2D eigenvalue weighted by Crippen LogP contribution is 2.23. The predicted molar refractivity (Wildman–Crippen MR) is 86.4 cm³/mol. The van der Waals surface area contributed by atoms with Crippen molar-refractivity contribution < 1.29 is 4.74 Å². The Kier molecular flexibility index (Phi) is 4.12. The molecule has 0 aliphatic heterocycles. The van der Waals surface area contributed by atoms with Gasteiger partial charge in [0.1, 0.15) is 11.3 Å². The number of alkyl halides is 1. The molecule has 3 rings (SSSR count). The Morgan fingerprint density at radius 3 is 2.67 bits per heavy atom. The molecule has 0 fully saturated rings. The molecule has 0 aromatic carbocycles. The topological polar surface area (TPSA) is 39.9 Å². The van der Waals surface area contributed by atoms with Gasteiger partial charge in [-0.05, 0) is 24.6 Å². The average molecular weight is 322 g/mol. The van der Waals surface area contributed by atoms with Crippen molar-refractivity contribution in [2.45, 2.75) is 25.8 Å². The van der Waals surface area contributed by atoms with Gasteiger partial charge in [-0.15, -0.1) is 22.9 Å². The maximum Gasteiger partial charge on any atom is 0.215 e. The first-order chi connectivity index (χ1) is 10.2. The lowest BCUT2D eigenvalue weighted by atomic mass is 10.3. The van der Waals surface area contributed by atoms with Crippen LogP contribution in [0.3, 0.4) is 0 Å². The van der Waals surface area contributed by atoms with Gasteiger partial charge in [-0.1, -0.05) is 6.92 Å². The lowest BCUT2D eigenvalue weighted by Gasteiger charge is -2.06. The summed E-state index contributed by atoms with van der Waals surface area (Å²) in [4.78, 5) is 11.7. The number of hydrogen-bond donors (Lipinski definition) is 0. The number of pyridine rings is 1. The normalized spacial score (nSPS) is 11.2. The molecule has 3 aromatic rings. The smallest absolute Gasteiger partial charge is 0.215 e. The molecule has 0 unspecified atom stereocenters. The number of fused-ring (bicyclic) bond motifs is 1. The van der Waals surface area contributed by atoms with Crippen molar-refractivity contribution in [3.63, 3.8) is 0 Å². The fourth-order valence-electron chi connectivity index (χ4n) is 2.27. The number of imidazole rings is 1. The molecule has 0 atom stereocenters. The summed E-state index contributed by atoms with van der Waals surface area (Å²) >= 11 is 7.86. The van der Waals surface area contributed by atoms with E-state index in [1.807, 2.05) is 23.5 Å². The van der Waals surface area contributed by atoms with Crippen LogP contribution in [0, 0.1) is 0 Å². The number of aromatic nitrogens is 3. The molecule has 6 heteroatoms. The van der Waals surface area contributed by atoms with E-state index in [1.54, 1.807) is 7.11 Å². The summed E-state index contributed by atoms with van der Waals surface area (Å²) in [6, 6.07) is 8.07. The predicted octanol–water partition coefficient (Wildman–Crippen LogP) is 3.85. The third kappa shape index (κ3) is 2.76. The molecule has 3 aromatic heterocycles. The van der Waals surface area contributed by atoms with Crippen LogP contribution in [-0.4, -0.2) is 21.6 Å². The molecule has 0 aliphatic carbocycles. The van der Waals surface area contributed by atoms with Crippen LogP contribution in [0.5, 0.6) is 5.88 Å². The van der Waals surface area contributed by atoms with E-state index < -0.39 is 0 Å². The molecule has 0 saturated carbocycles. The van der Waals surface area contributed by atoms with Gasteiger partial charge < -0.3 is 9.30 Å². The van der Waals surface area contributed by atoms with Crippen LogP contribution in [0.1, 0.15) is 22.5 Å². The highest BCUT2D eigenvalue weighted by molar-refractivity contribution is 7.11. The van der Waals surface area contributed by atoms with Crippen LogP contribution in [0.25, 0.3) is 11.2 Å². The van der Waals surface area contributed by atoms with Crippen LogP contribution in [0.15, 0.2) is 24.3 Å². The zero-order chi connectivity index (χ0) is 14.8. The number of rotatable bonds is 5. The molecular formula is C15H16ClN3OS. The Hall–Kier alpha value is -1.59. The molecular weight excluding hydrogens is 306 g/mol. The summed E-state index contributed by atoms with van der Waals surface area (Å²) < 4.78 is 7.27. The van der Waals surface area contributed by atoms with E-state index in [4.69, 9.17) is 16.3 Å². The fraction of sp³-hybridized carbons (Fsp3) is 0.333. The summed E-state index contributed by atoms with van der Waals surface area (Å²) in [6.45, 7) is 2.90. The maximum atomic E-state index is 6.04. The lowest BCUT2D eigenvalue weighted by Crippen LogP contribution is -2.03. The second-order valence-corrected chi connectivity index (χ2v) is 6.19. The molecule has 3 heterocycles. The third-order valence-electron chi connectivity index (χ3n) is 3.35. The third-order valence-corrected chi connectivity index (χ3v) is 4.81. The molecule has 0 saturated heterocycles. The number of hydrogen-bond acceptors (Lipinski definition) is 4. The van der Waals surface area contributed by atoms with E-state index in [2.05, 4.69) is 33.6 Å². The first-order valence-corrected chi connectivity index (χ1v) is 8.14. The van der Waals surface area contributed by atoms with Crippen molar-refractivity contribution in [1.29, 1.82) is 0 Å². The first-order valence-electron chi connectivity index (χ1n) is 6.78. The quantitative estimate of drug-likeness (QED) is 0.670. The number of aryl methyl sites for hydroxylation is 1. The van der Waals surface area contributed by atoms with Gasteiger partial charge in [-0.3, -0.25) is 0 Å². The Balaban J connectivity index is 2.05. The van der Waals surface area contributed by atoms with Crippen molar-refractivity contribution in [2.75, 3.05) is 7.11 Å². The number of halogens is 1. The maximum absolute atomic E-state index is 6.04. The van der Waals surface area contributed by atoms with E-state index in [0.29, 0.717) is 11.8 Å². The number of thiophene rings is 1. The van der Waals surface area contributed by atoms with Gasteiger partial charge >= 0.3 is 0 Å². The standard InChI is InChI=1S/C15H16ClN3OS/c1-3-10-4-5-11(21-10)9-19-13(8-16)17-12-6-7-14(20-2)18-15(12)19/h4-7H,3,8-9H2,1-2H3. The minimum absolute atomic E-state index is 0.366. The van der Waals surface area contributed by atoms with Crippen LogP contribution in [-0.2, 0) is 18.8 Å². The molecule has 0 aliphatic rings. The lowest BCUT2D eigenvalue weighted by molar-refractivity contribution is 0.399. The second kappa shape index (κ2) is 6.03. The highest BCUT2D eigenvalue weighted by Gasteiger charge is 2.13. The molecule has 110 valence electrons. The first kappa shape index (κ1) is 14.4. The summed E-state index contributed by atoms with van der Waals surface area (Å²) in [5.74, 6) is 1.79. The number of ether oxygens (including phenoxy) is 1. The van der Waals surface area contributed by atoms with E-state index in [0.717, 1.165) is 30.0 Å². The van der Waals surface area contributed by atoms with Crippen molar-refractivity contribution in [3.05, 3.63) is 39.8 Å². The molecule has 21 heavy (non-hydrogen) atoms. The minimum Gasteiger partial charge on any atom is -0.481 e. The zero-order valence-corrected chi connectivity index (χ0v) is 13.5. The van der Waals surface area contributed by atoms with Crippen LogP contribution >= 0.6 is 22.9 Å². The van der Waals surface area contributed by atoms with E-state index in [1.165, 1.54) is 9.75 Å². The van der Waals surface area contributed by atoms with Crippen LogP contribution in [0.2, 0.25) is 0 Å². The molecule has 0 bridgehead atoms. The monoisotopic (exact) mass is 321 g/mol. The SMILES string of the molecule is CCc1ccc(Cn2c(CCl)nc3ccc(OC)nc32)s1. The van der Waals surface area contributed by atoms with Crippen molar-refractivity contribution in [3.8, 4) is 5.88 Å². The Labute approximate surface area is 132 Å². The van der Waals surface area contributed by atoms with Crippen molar-refractivity contribution >= 4 is 34.1 Å². The van der Waals surface area contributed by atoms with Gasteiger partial charge in [-0.25, -0.2) is 4.98 Å². The molecule has 0 radical (unpaired) electrons. The number of nitrogens with zero attached hydrogens (tertiary/aromatic N) is 3. The summed E-state index contributed by atoms with van der Waals surface area (Å²) in [5, 5.41) is 0. The summed E-state index contributed by atoms with van der Waals surface area (Å²) in [7, 11) is 1.62. The Morgan fingerprint density at radius 2 is 2.00 bits per heavy atom. The van der Waals surface area contributed by atoms with E-state index >= 15 is 0 Å². The highest BCUT2D eigenvalue weighted by atomic mass is 35.5. The summed E-state index contributed by atoms with van der Waals surface area (Å²) in [6.07, 6.45) is 1.06. The Morgan fingerprint density at radius 1 is 1.19 bits per heavy atom. The minimum atomic E-state index is 0.366. The van der Waals surface area contributed by atoms with E-state index in [-0.39, 0.29) is 0 Å². The molecule has 0 amide bonds. The Bertz CT molecular complexity index is 765. The second-order valence-electron chi connectivity index (χ2n) is 4.67. The zero-order valence-electron chi connectivity index (χ0n) is 12.0. The van der Waals surface area contributed by atoms with Gasteiger partial charge in [0.15, 0.2) is 5.65 Å². The van der Waals surface area contributed by atoms with Crippen LogP contribution in [0.4, 0.5) is 0 Å². The molecule has 0 spiro atoms. The van der Waals surface area contributed by atoms with Crippen molar-refractivity contribution in [1.82, 2.24) is 14.5 Å². The number of methoxy groups -OCH3 is 1. The molecule has 4 nitrogen and oxygen atoms in total. The fourth-order valence-corrected chi connectivity index (χ4v) is 3.42. The average Bonchev–Trinajstić information content (AvgIpc) is 3.11. The van der Waals surface area contributed by atoms with Gasteiger partial charge in [-0.2, -0.15) is 4.98 Å². The van der Waals surface area contributed by atoms with E-state index in [9.17, 15) is 0 Å².